The number of ketones is 1. The molecule has 2 aromatic rings. The van der Waals surface area contributed by atoms with Crippen molar-refractivity contribution in [3.63, 3.8) is 0 Å². The molecule has 0 aromatic carbocycles. The molecule has 1 atom stereocenters. The van der Waals surface area contributed by atoms with E-state index in [-0.39, 0.29) is 24.1 Å². The Morgan fingerprint density at radius 2 is 2.00 bits per heavy atom. The topological polar surface area (TPSA) is 83.5 Å². The van der Waals surface area contributed by atoms with Gasteiger partial charge in [0.05, 0.1) is 0 Å². The van der Waals surface area contributed by atoms with Crippen molar-refractivity contribution in [3.8, 4) is 0 Å². The minimum absolute atomic E-state index is 0.0737. The van der Waals surface area contributed by atoms with Crippen molar-refractivity contribution in [2.24, 2.45) is 5.92 Å². The fourth-order valence-corrected chi connectivity index (χ4v) is 2.84. The van der Waals surface area contributed by atoms with Gasteiger partial charge in [0.2, 0.25) is 0 Å². The molecule has 3 heterocycles. The van der Waals surface area contributed by atoms with Crippen LogP contribution in [0, 0.1) is 5.92 Å². The molecule has 0 bridgehead atoms. The molecule has 1 saturated heterocycles. The molecule has 2 amide bonds. The van der Waals surface area contributed by atoms with Crippen LogP contribution >= 0.6 is 0 Å². The number of hydrazine groups is 1. The number of rotatable bonds is 5. The van der Waals surface area contributed by atoms with Crippen LogP contribution in [-0.4, -0.2) is 51.2 Å². The standard InChI is InChI=1S/C17H18N4O3/c1-11(22)10-21-17(24)14(16(23)20(21)2)8-7-13-6-5-12-4-3-9-18-15(12)19-13/h3-6,9,14H,7-8,10H2,1-2H3. The second-order valence-corrected chi connectivity index (χ2v) is 5.90. The van der Waals surface area contributed by atoms with Gasteiger partial charge in [-0.25, -0.2) is 15.0 Å². The highest BCUT2D eigenvalue weighted by Crippen LogP contribution is 2.23. The van der Waals surface area contributed by atoms with E-state index in [1.807, 2.05) is 24.3 Å². The van der Waals surface area contributed by atoms with Crippen LogP contribution in [0.1, 0.15) is 19.0 Å². The molecule has 24 heavy (non-hydrogen) atoms. The van der Waals surface area contributed by atoms with E-state index >= 15 is 0 Å². The number of fused-ring (bicyclic) bond motifs is 1. The minimum atomic E-state index is -0.754. The number of amides is 2. The fourth-order valence-electron chi connectivity index (χ4n) is 2.84. The Labute approximate surface area is 139 Å². The zero-order valence-corrected chi connectivity index (χ0v) is 13.6. The predicted molar refractivity (Wildman–Crippen MR) is 86.5 cm³/mol. The van der Waals surface area contributed by atoms with E-state index in [9.17, 15) is 14.4 Å². The molecule has 1 unspecified atom stereocenters. The fraction of sp³-hybridized carbons (Fsp3) is 0.353. The first-order valence-electron chi connectivity index (χ1n) is 7.76. The Morgan fingerprint density at radius 3 is 2.75 bits per heavy atom. The summed E-state index contributed by atoms with van der Waals surface area (Å²) in [4.78, 5) is 44.6. The van der Waals surface area contributed by atoms with Crippen LogP contribution in [-0.2, 0) is 20.8 Å². The van der Waals surface area contributed by atoms with Crippen LogP contribution in [0.5, 0.6) is 0 Å². The Kier molecular flexibility index (Phi) is 4.24. The molecule has 2 aromatic heterocycles. The van der Waals surface area contributed by atoms with E-state index in [4.69, 9.17) is 0 Å². The predicted octanol–water partition coefficient (Wildman–Crippen LogP) is 0.983. The van der Waals surface area contributed by atoms with Gasteiger partial charge in [-0.3, -0.25) is 19.4 Å². The molecule has 124 valence electrons. The van der Waals surface area contributed by atoms with E-state index in [1.165, 1.54) is 24.0 Å². The number of hydrogen-bond acceptors (Lipinski definition) is 5. The van der Waals surface area contributed by atoms with Crippen LogP contribution in [0.25, 0.3) is 11.0 Å². The molecule has 1 aliphatic rings. The summed E-state index contributed by atoms with van der Waals surface area (Å²) in [5.74, 6) is -1.52. The second kappa shape index (κ2) is 6.35. The first kappa shape index (κ1) is 16.0. The summed E-state index contributed by atoms with van der Waals surface area (Å²) in [6, 6.07) is 7.58. The Bertz CT molecular complexity index is 820. The summed E-state index contributed by atoms with van der Waals surface area (Å²) in [6.07, 6.45) is 2.54. The first-order valence-corrected chi connectivity index (χ1v) is 7.76. The lowest BCUT2D eigenvalue weighted by Crippen LogP contribution is -2.40. The Hall–Kier alpha value is -2.83. The van der Waals surface area contributed by atoms with E-state index < -0.39 is 5.92 Å². The molecular weight excluding hydrogens is 308 g/mol. The zero-order valence-electron chi connectivity index (χ0n) is 13.6. The highest BCUT2D eigenvalue weighted by molar-refractivity contribution is 6.06. The highest BCUT2D eigenvalue weighted by Gasteiger charge is 2.43. The van der Waals surface area contributed by atoms with E-state index in [1.54, 1.807) is 6.20 Å². The summed E-state index contributed by atoms with van der Waals surface area (Å²) >= 11 is 0. The maximum Gasteiger partial charge on any atom is 0.254 e. The number of carbonyl (C=O) groups is 3. The first-order chi connectivity index (χ1) is 11.5. The lowest BCUT2D eigenvalue weighted by atomic mass is 10.0. The molecule has 1 fully saturated rings. The SMILES string of the molecule is CC(=O)CN1C(=O)C(CCc2ccc3cccnc3n2)C(=O)N1C. The van der Waals surface area contributed by atoms with E-state index in [2.05, 4.69) is 9.97 Å². The molecular formula is C17H18N4O3. The number of aromatic nitrogens is 2. The van der Waals surface area contributed by atoms with Gasteiger partial charge in [0.1, 0.15) is 12.5 Å². The molecule has 7 nitrogen and oxygen atoms in total. The zero-order chi connectivity index (χ0) is 17.3. The maximum absolute atomic E-state index is 12.4. The molecule has 7 heteroatoms. The van der Waals surface area contributed by atoms with Gasteiger partial charge >= 0.3 is 0 Å². The average Bonchev–Trinajstić information content (AvgIpc) is 2.76. The Balaban J connectivity index is 1.72. The van der Waals surface area contributed by atoms with Crippen molar-refractivity contribution in [3.05, 3.63) is 36.2 Å². The minimum Gasteiger partial charge on any atom is -0.298 e. The maximum atomic E-state index is 12.4. The van der Waals surface area contributed by atoms with Crippen LogP contribution < -0.4 is 0 Å². The smallest absolute Gasteiger partial charge is 0.254 e. The number of aryl methyl sites for hydroxylation is 1. The average molecular weight is 326 g/mol. The van der Waals surface area contributed by atoms with Crippen molar-refractivity contribution in [2.75, 3.05) is 13.6 Å². The summed E-state index contributed by atoms with van der Waals surface area (Å²) in [5, 5.41) is 3.40. The van der Waals surface area contributed by atoms with E-state index in [0.717, 1.165) is 11.1 Å². The van der Waals surface area contributed by atoms with Crippen LogP contribution in [0.15, 0.2) is 30.5 Å². The monoisotopic (exact) mass is 326 g/mol. The van der Waals surface area contributed by atoms with Gasteiger partial charge in [-0.15, -0.1) is 0 Å². The number of nitrogens with zero attached hydrogens (tertiary/aromatic N) is 4. The van der Waals surface area contributed by atoms with Crippen LogP contribution in [0.3, 0.4) is 0 Å². The van der Waals surface area contributed by atoms with Gasteiger partial charge in [-0.1, -0.05) is 0 Å². The number of hydrogen-bond donors (Lipinski definition) is 0. The Morgan fingerprint density at radius 1 is 1.21 bits per heavy atom. The van der Waals surface area contributed by atoms with Gasteiger partial charge in [0.15, 0.2) is 11.4 Å². The van der Waals surface area contributed by atoms with Crippen molar-refractivity contribution >= 4 is 28.6 Å². The molecule has 0 saturated carbocycles. The van der Waals surface area contributed by atoms with Crippen molar-refractivity contribution in [1.82, 2.24) is 20.0 Å². The molecule has 0 aliphatic carbocycles. The van der Waals surface area contributed by atoms with Gasteiger partial charge < -0.3 is 0 Å². The van der Waals surface area contributed by atoms with Crippen LogP contribution in [0.4, 0.5) is 0 Å². The molecule has 0 radical (unpaired) electrons. The van der Waals surface area contributed by atoms with Gasteiger partial charge in [-0.2, -0.15) is 0 Å². The number of Topliss-reactive ketones (excluding diaryl/α,β-unsaturated/α-hetero) is 1. The third-order valence-corrected chi connectivity index (χ3v) is 4.11. The quantitative estimate of drug-likeness (QED) is 0.765. The summed E-state index contributed by atoms with van der Waals surface area (Å²) in [5.41, 5.74) is 1.43. The van der Waals surface area contributed by atoms with Crippen molar-refractivity contribution < 1.29 is 14.4 Å². The van der Waals surface area contributed by atoms with Crippen LogP contribution in [0.2, 0.25) is 0 Å². The largest absolute Gasteiger partial charge is 0.298 e. The third kappa shape index (κ3) is 2.97. The van der Waals surface area contributed by atoms with Crippen molar-refractivity contribution in [1.29, 1.82) is 0 Å². The van der Waals surface area contributed by atoms with Gasteiger partial charge in [-0.05, 0) is 44.0 Å². The van der Waals surface area contributed by atoms with Crippen molar-refractivity contribution in [2.45, 2.75) is 19.8 Å². The van der Waals surface area contributed by atoms with E-state index in [0.29, 0.717) is 18.5 Å². The molecule has 0 N–H and O–H groups in total. The second-order valence-electron chi connectivity index (χ2n) is 5.90. The van der Waals surface area contributed by atoms with Gasteiger partial charge in [0.25, 0.3) is 11.8 Å². The number of carbonyl (C=O) groups excluding carboxylic acids is 3. The summed E-state index contributed by atoms with van der Waals surface area (Å²) in [7, 11) is 1.52. The highest BCUT2D eigenvalue weighted by atomic mass is 16.2. The molecule has 3 rings (SSSR count). The molecule has 1 aliphatic heterocycles. The number of pyridine rings is 2. The normalized spacial score (nSPS) is 17.8. The molecule has 0 spiro atoms. The third-order valence-electron chi connectivity index (χ3n) is 4.11. The van der Waals surface area contributed by atoms with Gasteiger partial charge in [0, 0.05) is 24.3 Å². The lowest BCUT2D eigenvalue weighted by molar-refractivity contribution is -0.146. The summed E-state index contributed by atoms with van der Waals surface area (Å²) < 4.78 is 0. The summed E-state index contributed by atoms with van der Waals surface area (Å²) in [6.45, 7) is 1.32. The lowest BCUT2D eigenvalue weighted by Gasteiger charge is -2.22.